The first-order valence-corrected chi connectivity index (χ1v) is 9.68. The number of nitrogens with one attached hydrogen (secondary N) is 1. The standard InChI is InChI=1S/C15H22N4O4S/c1-16-8-10-17(11-9-16)14-5-4-13(19(20)21)12-15(14)24(22,23)18-6-2-3-7-18/h4-5,12H,2-3,6-11H2,1H3/p+1. The highest BCUT2D eigenvalue weighted by Crippen LogP contribution is 2.33. The van der Waals surface area contributed by atoms with Crippen molar-refractivity contribution < 1.29 is 18.2 Å². The van der Waals surface area contributed by atoms with E-state index in [-0.39, 0.29) is 10.6 Å². The number of hydrogen-bond acceptors (Lipinski definition) is 5. The summed E-state index contributed by atoms with van der Waals surface area (Å²) in [5, 5.41) is 11.1. The number of non-ortho nitro benzene ring substituents is 1. The van der Waals surface area contributed by atoms with Gasteiger partial charge in [0.15, 0.2) is 0 Å². The number of nitro benzene ring substituents is 1. The highest BCUT2D eigenvalue weighted by molar-refractivity contribution is 7.89. The first kappa shape index (κ1) is 17.1. The van der Waals surface area contributed by atoms with Gasteiger partial charge in [-0.2, -0.15) is 4.31 Å². The quantitative estimate of drug-likeness (QED) is 0.593. The van der Waals surface area contributed by atoms with E-state index >= 15 is 0 Å². The number of rotatable bonds is 4. The SMILES string of the molecule is C[NH+]1CCN(c2ccc([N+](=O)[O-])cc2S(=O)(=O)N2CCCC2)CC1. The molecular formula is C15H23N4O4S+. The molecule has 0 amide bonds. The number of nitrogens with zero attached hydrogens (tertiary/aromatic N) is 3. The third-order valence-electron chi connectivity index (χ3n) is 4.79. The molecule has 3 rings (SSSR count). The van der Waals surface area contributed by atoms with Gasteiger partial charge in [0.05, 0.1) is 43.8 Å². The molecular weight excluding hydrogens is 332 g/mol. The lowest BCUT2D eigenvalue weighted by Crippen LogP contribution is -3.12. The molecule has 1 N–H and O–H groups in total. The Morgan fingerprint density at radius 1 is 1.12 bits per heavy atom. The molecule has 0 unspecified atom stereocenters. The Morgan fingerprint density at radius 2 is 1.75 bits per heavy atom. The summed E-state index contributed by atoms with van der Waals surface area (Å²) >= 11 is 0. The maximum Gasteiger partial charge on any atom is 0.270 e. The Bertz CT molecular complexity index is 723. The van der Waals surface area contributed by atoms with Gasteiger partial charge in [0.2, 0.25) is 10.0 Å². The summed E-state index contributed by atoms with van der Waals surface area (Å²) in [6, 6.07) is 4.19. The van der Waals surface area contributed by atoms with Crippen LogP contribution in [0, 0.1) is 10.1 Å². The van der Waals surface area contributed by atoms with E-state index in [0.717, 1.165) is 39.0 Å². The summed E-state index contributed by atoms with van der Waals surface area (Å²) in [4.78, 5) is 14.1. The molecule has 2 heterocycles. The molecule has 1 aromatic rings. The van der Waals surface area contributed by atoms with E-state index in [1.165, 1.54) is 21.3 Å². The van der Waals surface area contributed by atoms with Gasteiger partial charge in [0.1, 0.15) is 4.90 Å². The number of nitro groups is 1. The molecule has 8 nitrogen and oxygen atoms in total. The van der Waals surface area contributed by atoms with Crippen molar-refractivity contribution in [3.05, 3.63) is 28.3 Å². The van der Waals surface area contributed by atoms with Crippen LogP contribution in [-0.2, 0) is 10.0 Å². The first-order chi connectivity index (χ1) is 11.4. The molecule has 0 bridgehead atoms. The maximum atomic E-state index is 13.0. The lowest BCUT2D eigenvalue weighted by molar-refractivity contribution is -0.880. The summed E-state index contributed by atoms with van der Waals surface area (Å²) < 4.78 is 27.5. The van der Waals surface area contributed by atoms with Crippen LogP contribution in [0.1, 0.15) is 12.8 Å². The molecule has 0 atom stereocenters. The number of anilines is 1. The van der Waals surface area contributed by atoms with Crippen LogP contribution in [-0.4, -0.2) is 64.0 Å². The number of likely N-dealkylation sites (N-methyl/N-ethyl adjacent to an activating group) is 1. The van der Waals surface area contributed by atoms with Gasteiger partial charge in [-0.05, 0) is 18.9 Å². The second-order valence-corrected chi connectivity index (χ2v) is 8.37. The lowest BCUT2D eigenvalue weighted by Gasteiger charge is -2.33. The van der Waals surface area contributed by atoms with E-state index in [9.17, 15) is 18.5 Å². The monoisotopic (exact) mass is 355 g/mol. The molecule has 0 aromatic heterocycles. The van der Waals surface area contributed by atoms with Crippen LogP contribution in [0.15, 0.2) is 23.1 Å². The second-order valence-electron chi connectivity index (χ2n) is 6.46. The second kappa shape index (κ2) is 6.66. The fourth-order valence-electron chi connectivity index (χ4n) is 3.28. The Labute approximate surface area is 141 Å². The van der Waals surface area contributed by atoms with Gasteiger partial charge in [-0.25, -0.2) is 8.42 Å². The molecule has 2 fully saturated rings. The van der Waals surface area contributed by atoms with Gasteiger partial charge in [0.25, 0.3) is 5.69 Å². The Morgan fingerprint density at radius 3 is 2.33 bits per heavy atom. The predicted molar refractivity (Wildman–Crippen MR) is 89.9 cm³/mol. The molecule has 0 saturated carbocycles. The van der Waals surface area contributed by atoms with Crippen molar-refractivity contribution in [3.63, 3.8) is 0 Å². The zero-order chi connectivity index (χ0) is 17.3. The van der Waals surface area contributed by atoms with E-state index in [0.29, 0.717) is 18.8 Å². The Kier molecular flexibility index (Phi) is 4.75. The summed E-state index contributed by atoms with van der Waals surface area (Å²) in [6.07, 6.45) is 1.67. The minimum Gasteiger partial charge on any atom is -0.359 e. The molecule has 132 valence electrons. The Hall–Kier alpha value is -1.71. The molecule has 2 saturated heterocycles. The Balaban J connectivity index is 2.03. The largest absolute Gasteiger partial charge is 0.359 e. The van der Waals surface area contributed by atoms with Gasteiger partial charge in [-0.3, -0.25) is 10.1 Å². The van der Waals surface area contributed by atoms with Gasteiger partial charge < -0.3 is 9.80 Å². The van der Waals surface area contributed by atoms with Crippen LogP contribution in [0.2, 0.25) is 0 Å². The number of benzene rings is 1. The predicted octanol–water partition coefficient (Wildman–Crippen LogP) is -0.286. The van der Waals surface area contributed by atoms with E-state index in [2.05, 4.69) is 7.05 Å². The minimum atomic E-state index is -3.71. The van der Waals surface area contributed by atoms with E-state index < -0.39 is 14.9 Å². The molecule has 9 heteroatoms. The fraction of sp³-hybridized carbons (Fsp3) is 0.600. The summed E-state index contributed by atoms with van der Waals surface area (Å²) in [6.45, 7) is 4.29. The van der Waals surface area contributed by atoms with Crippen LogP contribution >= 0.6 is 0 Å². The zero-order valence-electron chi connectivity index (χ0n) is 13.8. The van der Waals surface area contributed by atoms with Gasteiger partial charge in [-0.15, -0.1) is 0 Å². The van der Waals surface area contributed by atoms with Crippen LogP contribution in [0.5, 0.6) is 0 Å². The third-order valence-corrected chi connectivity index (χ3v) is 6.72. The fourth-order valence-corrected chi connectivity index (χ4v) is 5.03. The smallest absolute Gasteiger partial charge is 0.270 e. The van der Waals surface area contributed by atoms with E-state index in [1.54, 1.807) is 6.07 Å². The molecule has 2 aliphatic rings. The molecule has 2 aliphatic heterocycles. The number of quaternary nitrogens is 1. The van der Waals surface area contributed by atoms with Crippen LogP contribution in [0.4, 0.5) is 11.4 Å². The third kappa shape index (κ3) is 3.24. The summed E-state index contributed by atoms with van der Waals surface area (Å²) in [5.41, 5.74) is 0.399. The highest BCUT2D eigenvalue weighted by Gasteiger charge is 2.33. The van der Waals surface area contributed by atoms with Crippen LogP contribution < -0.4 is 9.80 Å². The molecule has 0 spiro atoms. The highest BCUT2D eigenvalue weighted by atomic mass is 32.2. The molecule has 0 aliphatic carbocycles. The van der Waals surface area contributed by atoms with Crippen molar-refractivity contribution in [2.24, 2.45) is 0 Å². The van der Waals surface area contributed by atoms with Crippen molar-refractivity contribution in [3.8, 4) is 0 Å². The topological polar surface area (TPSA) is 88.2 Å². The lowest BCUT2D eigenvalue weighted by atomic mass is 10.2. The molecule has 0 radical (unpaired) electrons. The zero-order valence-corrected chi connectivity index (χ0v) is 14.6. The average Bonchev–Trinajstić information content (AvgIpc) is 3.10. The van der Waals surface area contributed by atoms with Crippen LogP contribution in [0.25, 0.3) is 0 Å². The van der Waals surface area contributed by atoms with Crippen molar-refractivity contribution in [1.82, 2.24) is 4.31 Å². The summed E-state index contributed by atoms with van der Waals surface area (Å²) in [7, 11) is -1.60. The first-order valence-electron chi connectivity index (χ1n) is 8.24. The van der Waals surface area contributed by atoms with Crippen molar-refractivity contribution in [2.75, 3.05) is 51.2 Å². The van der Waals surface area contributed by atoms with Gasteiger partial charge in [-0.1, -0.05) is 0 Å². The minimum absolute atomic E-state index is 0.0677. The average molecular weight is 355 g/mol. The normalized spacial score (nSPS) is 20.5. The van der Waals surface area contributed by atoms with Crippen molar-refractivity contribution in [2.45, 2.75) is 17.7 Å². The van der Waals surface area contributed by atoms with Gasteiger partial charge >= 0.3 is 0 Å². The summed E-state index contributed by atoms with van der Waals surface area (Å²) in [5.74, 6) is 0. The number of piperazine rings is 1. The number of sulfonamides is 1. The molecule has 1 aromatic carbocycles. The maximum absolute atomic E-state index is 13.0. The van der Waals surface area contributed by atoms with Crippen molar-refractivity contribution in [1.29, 1.82) is 0 Å². The molecule has 24 heavy (non-hydrogen) atoms. The van der Waals surface area contributed by atoms with E-state index in [1.807, 2.05) is 4.90 Å². The van der Waals surface area contributed by atoms with Gasteiger partial charge in [0, 0.05) is 25.2 Å². The van der Waals surface area contributed by atoms with Crippen LogP contribution in [0.3, 0.4) is 0 Å². The van der Waals surface area contributed by atoms with E-state index in [4.69, 9.17) is 0 Å². The number of hydrogen-bond donors (Lipinski definition) is 1. The van der Waals surface area contributed by atoms with Crippen molar-refractivity contribution >= 4 is 21.4 Å².